The molecule has 0 aromatic rings. The van der Waals surface area contributed by atoms with E-state index < -0.39 is 49.5 Å². The van der Waals surface area contributed by atoms with Crippen molar-refractivity contribution in [3.05, 3.63) is 24.3 Å². The lowest BCUT2D eigenvalue weighted by Gasteiger charge is -2.40. The Morgan fingerprint density at radius 3 is 1.23 bits per heavy atom. The summed E-state index contributed by atoms with van der Waals surface area (Å²) in [5, 5.41) is 54.7. The summed E-state index contributed by atoms with van der Waals surface area (Å²) in [5.74, 6) is -0.139. The number of amides is 1. The van der Waals surface area contributed by atoms with Gasteiger partial charge in [-0.2, -0.15) is 0 Å². The number of nitrogens with one attached hydrogen (secondary N) is 1. The second-order valence-corrected chi connectivity index (χ2v) is 21.5. The predicted octanol–water partition coefficient (Wildman–Crippen LogP) is 15.4. The number of carbonyl (C=O) groups excluding carboxylic acids is 1. The van der Waals surface area contributed by atoms with Crippen molar-refractivity contribution in [2.45, 2.75) is 346 Å². The Bertz CT molecular complexity index is 1150. The lowest BCUT2D eigenvalue weighted by atomic mass is 9.99. The van der Waals surface area contributed by atoms with Gasteiger partial charge in [-0.25, -0.2) is 0 Å². The molecule has 9 heteroatoms. The molecule has 1 fully saturated rings. The molecule has 9 nitrogen and oxygen atoms in total. The summed E-state index contributed by atoms with van der Waals surface area (Å²) in [6, 6.07) is -0.716. The van der Waals surface area contributed by atoms with Gasteiger partial charge in [-0.05, 0) is 44.9 Å². The van der Waals surface area contributed by atoms with Crippen molar-refractivity contribution in [2.75, 3.05) is 13.2 Å². The van der Waals surface area contributed by atoms with Crippen molar-refractivity contribution in [1.82, 2.24) is 5.32 Å². The van der Waals surface area contributed by atoms with E-state index in [4.69, 9.17) is 9.47 Å². The Morgan fingerprint density at radius 1 is 0.486 bits per heavy atom. The van der Waals surface area contributed by atoms with Crippen molar-refractivity contribution >= 4 is 5.91 Å². The third-order valence-electron chi connectivity index (χ3n) is 14.8. The van der Waals surface area contributed by atoms with Gasteiger partial charge in [0.05, 0.1) is 25.4 Å². The first-order valence-corrected chi connectivity index (χ1v) is 30.5. The first-order valence-electron chi connectivity index (χ1n) is 30.5. The van der Waals surface area contributed by atoms with Gasteiger partial charge in [0.2, 0.25) is 5.91 Å². The third kappa shape index (κ3) is 40.1. The van der Waals surface area contributed by atoms with Crippen LogP contribution in [-0.2, 0) is 14.3 Å². The number of hydrogen-bond acceptors (Lipinski definition) is 8. The molecule has 1 aliphatic heterocycles. The van der Waals surface area contributed by atoms with E-state index in [1.807, 2.05) is 0 Å². The third-order valence-corrected chi connectivity index (χ3v) is 14.8. The molecule has 0 aromatic carbocycles. The summed E-state index contributed by atoms with van der Waals surface area (Å²) in [4.78, 5) is 13.1. The second kappa shape index (κ2) is 51.2. The molecule has 0 saturated carbocycles. The molecule has 1 saturated heterocycles. The molecule has 1 rings (SSSR count). The Morgan fingerprint density at radius 2 is 0.843 bits per heavy atom. The number of rotatable bonds is 53. The maximum Gasteiger partial charge on any atom is 0.220 e. The first kappa shape index (κ1) is 66.7. The summed E-state index contributed by atoms with van der Waals surface area (Å²) in [5.41, 5.74) is 0. The largest absolute Gasteiger partial charge is 0.394 e. The van der Waals surface area contributed by atoms with Crippen LogP contribution in [0.2, 0.25) is 0 Å². The maximum atomic E-state index is 13.1. The molecule has 1 aliphatic rings. The van der Waals surface area contributed by atoms with Gasteiger partial charge in [0.1, 0.15) is 24.4 Å². The molecule has 414 valence electrons. The van der Waals surface area contributed by atoms with E-state index >= 15 is 0 Å². The van der Waals surface area contributed by atoms with Crippen molar-refractivity contribution in [2.24, 2.45) is 0 Å². The number of carbonyl (C=O) groups is 1. The van der Waals surface area contributed by atoms with Crippen molar-refractivity contribution < 1.29 is 39.8 Å². The number of aliphatic hydroxyl groups is 5. The van der Waals surface area contributed by atoms with Crippen molar-refractivity contribution in [3.8, 4) is 0 Å². The lowest BCUT2D eigenvalue weighted by Crippen LogP contribution is -2.60. The predicted molar refractivity (Wildman–Crippen MR) is 295 cm³/mol. The van der Waals surface area contributed by atoms with Crippen LogP contribution in [-0.4, -0.2) is 87.5 Å². The molecule has 0 radical (unpaired) electrons. The van der Waals surface area contributed by atoms with Crippen LogP contribution in [0.5, 0.6) is 0 Å². The number of unbranched alkanes of at least 4 members (excludes halogenated alkanes) is 39. The standard InChI is InChI=1S/C61H117NO8/c1-3-5-7-9-11-13-15-17-19-21-22-23-24-25-26-27-28-29-30-31-32-33-34-35-37-39-41-43-45-47-49-51-57(65)62-54(53-69-61-60(68)59(67)58(66)56(52-63)70-61)55(64)50-48-46-44-42-40-38-36-20-18-16-14-12-10-8-6-4-2/h15,17,21-22,54-56,58-61,63-64,66-68H,3-14,16,18-20,23-53H2,1-2H3,(H,62,65)/b17-15-,22-21-. The molecule has 1 amide bonds. The van der Waals surface area contributed by atoms with Crippen LogP contribution in [0.15, 0.2) is 24.3 Å². The summed E-state index contributed by atoms with van der Waals surface area (Å²) >= 11 is 0. The molecular formula is C61H117NO8. The smallest absolute Gasteiger partial charge is 0.220 e. The molecule has 0 aliphatic carbocycles. The molecule has 7 atom stereocenters. The van der Waals surface area contributed by atoms with Crippen LogP contribution < -0.4 is 5.32 Å². The van der Waals surface area contributed by atoms with Gasteiger partial charge in [-0.1, -0.05) is 276 Å². The zero-order valence-corrected chi connectivity index (χ0v) is 46.0. The number of aliphatic hydroxyl groups excluding tert-OH is 5. The SMILES string of the molecule is CCCCCCC/C=C\C/C=C\CCCCCCCCCCCCCCCCCCCCCC(=O)NC(COC1OC(CO)C(O)C(O)C1O)C(O)CCCCCCCCCCCCCCCCCC. The molecule has 0 aromatic heterocycles. The molecular weight excluding hydrogens is 875 g/mol. The highest BCUT2D eigenvalue weighted by Crippen LogP contribution is 2.23. The molecule has 0 bridgehead atoms. The van der Waals surface area contributed by atoms with Gasteiger partial charge in [-0.15, -0.1) is 0 Å². The second-order valence-electron chi connectivity index (χ2n) is 21.5. The van der Waals surface area contributed by atoms with Crippen LogP contribution >= 0.6 is 0 Å². The van der Waals surface area contributed by atoms with Gasteiger partial charge in [-0.3, -0.25) is 4.79 Å². The highest BCUT2D eigenvalue weighted by molar-refractivity contribution is 5.76. The highest BCUT2D eigenvalue weighted by Gasteiger charge is 2.44. The summed E-state index contributed by atoms with van der Waals surface area (Å²) in [6.45, 7) is 3.86. The minimum absolute atomic E-state index is 0.133. The Hall–Kier alpha value is -1.33. The van der Waals surface area contributed by atoms with Crippen LogP contribution in [0.1, 0.15) is 303 Å². The van der Waals surface area contributed by atoms with Gasteiger partial charge in [0, 0.05) is 6.42 Å². The Labute approximate surface area is 432 Å². The Kier molecular flexibility index (Phi) is 48.7. The monoisotopic (exact) mass is 992 g/mol. The first-order chi connectivity index (χ1) is 34.3. The van der Waals surface area contributed by atoms with Gasteiger partial charge in [0.15, 0.2) is 6.29 Å². The van der Waals surface area contributed by atoms with Crippen LogP contribution in [0, 0.1) is 0 Å². The minimum atomic E-state index is -1.55. The molecule has 0 spiro atoms. The van der Waals surface area contributed by atoms with E-state index in [1.165, 1.54) is 231 Å². The van der Waals surface area contributed by atoms with Crippen LogP contribution in [0.4, 0.5) is 0 Å². The normalized spacial score (nSPS) is 19.4. The zero-order valence-electron chi connectivity index (χ0n) is 46.0. The fraction of sp³-hybridized carbons (Fsp3) is 0.918. The maximum absolute atomic E-state index is 13.1. The minimum Gasteiger partial charge on any atom is -0.394 e. The molecule has 1 heterocycles. The van der Waals surface area contributed by atoms with E-state index in [9.17, 15) is 30.3 Å². The van der Waals surface area contributed by atoms with Gasteiger partial charge in [0.25, 0.3) is 0 Å². The lowest BCUT2D eigenvalue weighted by molar-refractivity contribution is -0.302. The Balaban J connectivity index is 2.12. The number of ether oxygens (including phenoxy) is 2. The topological polar surface area (TPSA) is 149 Å². The van der Waals surface area contributed by atoms with Crippen molar-refractivity contribution in [1.29, 1.82) is 0 Å². The van der Waals surface area contributed by atoms with Crippen LogP contribution in [0.25, 0.3) is 0 Å². The quantitative estimate of drug-likeness (QED) is 0.0261. The van der Waals surface area contributed by atoms with Gasteiger partial charge < -0.3 is 40.3 Å². The van der Waals surface area contributed by atoms with E-state index in [0.29, 0.717) is 12.8 Å². The van der Waals surface area contributed by atoms with Crippen LogP contribution in [0.3, 0.4) is 0 Å². The highest BCUT2D eigenvalue weighted by atomic mass is 16.7. The fourth-order valence-electron chi connectivity index (χ4n) is 9.96. The molecule has 7 unspecified atom stereocenters. The van der Waals surface area contributed by atoms with E-state index in [-0.39, 0.29) is 12.5 Å². The average Bonchev–Trinajstić information content (AvgIpc) is 3.36. The van der Waals surface area contributed by atoms with Gasteiger partial charge >= 0.3 is 0 Å². The summed E-state index contributed by atoms with van der Waals surface area (Å²) in [6.07, 6.45) is 57.9. The van der Waals surface area contributed by atoms with Crippen molar-refractivity contribution in [3.63, 3.8) is 0 Å². The fourth-order valence-corrected chi connectivity index (χ4v) is 9.96. The zero-order chi connectivity index (χ0) is 50.8. The summed E-state index contributed by atoms with van der Waals surface area (Å²) in [7, 11) is 0. The molecule has 6 N–H and O–H groups in total. The van der Waals surface area contributed by atoms with E-state index in [1.54, 1.807) is 0 Å². The number of allylic oxidation sites excluding steroid dienone is 4. The van der Waals surface area contributed by atoms with E-state index in [2.05, 4.69) is 43.5 Å². The average molecular weight is 993 g/mol. The number of hydrogen-bond donors (Lipinski definition) is 6. The summed E-state index contributed by atoms with van der Waals surface area (Å²) < 4.78 is 11.3. The molecule has 70 heavy (non-hydrogen) atoms. The van der Waals surface area contributed by atoms with E-state index in [0.717, 1.165) is 44.9 Å².